The van der Waals surface area contributed by atoms with Crippen molar-refractivity contribution in [1.82, 2.24) is 5.32 Å². The largest absolute Gasteiger partial charge is 0.339 e. The molecule has 0 aliphatic rings. The Labute approximate surface area is 83.4 Å². The minimum absolute atomic E-state index is 0.413. The van der Waals surface area contributed by atoms with Crippen LogP contribution in [0.4, 0.5) is 0 Å². The minimum atomic E-state index is -0.593. The maximum absolute atomic E-state index is 10.6. The molecule has 0 aliphatic heterocycles. The van der Waals surface area contributed by atoms with E-state index in [2.05, 4.69) is 12.2 Å². The SMILES string of the molecule is CCc1ccc(CNC(=O)C#N)cc1. The topological polar surface area (TPSA) is 52.9 Å². The second kappa shape index (κ2) is 5.03. The Morgan fingerprint density at radius 3 is 2.43 bits per heavy atom. The molecule has 0 aliphatic carbocycles. The van der Waals surface area contributed by atoms with Gasteiger partial charge in [0.1, 0.15) is 0 Å². The molecule has 1 N–H and O–H groups in total. The van der Waals surface area contributed by atoms with E-state index in [0.29, 0.717) is 6.54 Å². The second-order valence-corrected chi connectivity index (χ2v) is 2.96. The highest BCUT2D eigenvalue weighted by Crippen LogP contribution is 2.04. The zero-order chi connectivity index (χ0) is 10.4. The molecule has 0 bridgehead atoms. The molecule has 1 rings (SSSR count). The van der Waals surface area contributed by atoms with Gasteiger partial charge in [0.2, 0.25) is 0 Å². The van der Waals surface area contributed by atoms with Crippen molar-refractivity contribution in [3.8, 4) is 6.07 Å². The lowest BCUT2D eigenvalue weighted by Gasteiger charge is -2.02. The first kappa shape index (κ1) is 10.3. The predicted octanol–water partition coefficient (Wildman–Crippen LogP) is 1.39. The summed E-state index contributed by atoms with van der Waals surface area (Å²) in [4.78, 5) is 10.6. The standard InChI is InChI=1S/C11H12N2O/c1-2-9-3-5-10(6-4-9)8-13-11(14)7-12/h3-6H,2,8H2,1H3,(H,13,14). The third-order valence-electron chi connectivity index (χ3n) is 1.99. The quantitative estimate of drug-likeness (QED) is 0.729. The van der Waals surface area contributed by atoms with Gasteiger partial charge in [-0.2, -0.15) is 5.26 Å². The number of carbonyl (C=O) groups excluding carboxylic acids is 1. The fraction of sp³-hybridized carbons (Fsp3) is 0.273. The normalized spacial score (nSPS) is 9.14. The van der Waals surface area contributed by atoms with Crippen LogP contribution < -0.4 is 5.32 Å². The van der Waals surface area contributed by atoms with Gasteiger partial charge in [-0.15, -0.1) is 0 Å². The van der Waals surface area contributed by atoms with Crippen LogP contribution in [0.2, 0.25) is 0 Å². The molecule has 0 unspecified atom stereocenters. The summed E-state index contributed by atoms with van der Waals surface area (Å²) in [6.07, 6.45) is 1.00. The van der Waals surface area contributed by atoms with Crippen LogP contribution in [0.25, 0.3) is 0 Å². The Morgan fingerprint density at radius 2 is 1.93 bits per heavy atom. The number of aryl methyl sites for hydroxylation is 1. The third-order valence-corrected chi connectivity index (χ3v) is 1.99. The van der Waals surface area contributed by atoms with Crippen molar-refractivity contribution in [3.05, 3.63) is 35.4 Å². The van der Waals surface area contributed by atoms with Crippen molar-refractivity contribution in [3.63, 3.8) is 0 Å². The van der Waals surface area contributed by atoms with Crippen LogP contribution in [0.3, 0.4) is 0 Å². The Balaban J connectivity index is 2.53. The molecular weight excluding hydrogens is 176 g/mol. The van der Waals surface area contributed by atoms with Gasteiger partial charge < -0.3 is 5.32 Å². The van der Waals surface area contributed by atoms with Crippen molar-refractivity contribution < 1.29 is 4.79 Å². The highest BCUT2D eigenvalue weighted by molar-refractivity contribution is 5.91. The molecular formula is C11H12N2O. The molecule has 0 aromatic heterocycles. The monoisotopic (exact) mass is 188 g/mol. The number of carbonyl (C=O) groups is 1. The van der Waals surface area contributed by atoms with E-state index in [1.807, 2.05) is 24.3 Å². The average molecular weight is 188 g/mol. The first-order valence-electron chi connectivity index (χ1n) is 4.52. The highest BCUT2D eigenvalue weighted by atomic mass is 16.1. The molecule has 14 heavy (non-hydrogen) atoms. The van der Waals surface area contributed by atoms with Gasteiger partial charge in [-0.25, -0.2) is 0 Å². The van der Waals surface area contributed by atoms with Crippen molar-refractivity contribution >= 4 is 5.91 Å². The van der Waals surface area contributed by atoms with Gasteiger partial charge in [-0.3, -0.25) is 4.79 Å². The maximum atomic E-state index is 10.6. The summed E-state index contributed by atoms with van der Waals surface area (Å²) in [5.74, 6) is -0.593. The van der Waals surface area contributed by atoms with Crippen LogP contribution >= 0.6 is 0 Å². The number of hydrogen-bond acceptors (Lipinski definition) is 2. The molecule has 0 radical (unpaired) electrons. The van der Waals surface area contributed by atoms with Crippen molar-refractivity contribution in [2.45, 2.75) is 19.9 Å². The van der Waals surface area contributed by atoms with Crippen molar-refractivity contribution in [1.29, 1.82) is 5.26 Å². The number of nitrogens with zero attached hydrogens (tertiary/aromatic N) is 1. The summed E-state index contributed by atoms with van der Waals surface area (Å²) in [7, 11) is 0. The number of amides is 1. The lowest BCUT2D eigenvalue weighted by atomic mass is 10.1. The van der Waals surface area contributed by atoms with Gasteiger partial charge in [0.25, 0.3) is 0 Å². The smallest absolute Gasteiger partial charge is 0.322 e. The van der Waals surface area contributed by atoms with Gasteiger partial charge in [0.05, 0.1) is 0 Å². The molecule has 0 heterocycles. The van der Waals surface area contributed by atoms with E-state index >= 15 is 0 Å². The molecule has 0 saturated carbocycles. The Hall–Kier alpha value is -1.82. The second-order valence-electron chi connectivity index (χ2n) is 2.96. The van der Waals surface area contributed by atoms with E-state index in [1.165, 1.54) is 11.6 Å². The van der Waals surface area contributed by atoms with Crippen LogP contribution in [0, 0.1) is 11.3 Å². The molecule has 0 saturated heterocycles. The number of nitriles is 1. The zero-order valence-electron chi connectivity index (χ0n) is 8.08. The van der Waals surface area contributed by atoms with Gasteiger partial charge in [0.15, 0.2) is 6.07 Å². The van der Waals surface area contributed by atoms with Crippen LogP contribution in [0.15, 0.2) is 24.3 Å². The zero-order valence-corrected chi connectivity index (χ0v) is 8.08. The average Bonchev–Trinajstić information content (AvgIpc) is 2.26. The molecule has 72 valence electrons. The molecule has 1 aromatic carbocycles. The molecule has 0 spiro atoms. The lowest BCUT2D eigenvalue weighted by Crippen LogP contribution is -2.20. The molecule has 1 aromatic rings. The number of nitrogens with one attached hydrogen (secondary N) is 1. The molecule has 3 heteroatoms. The molecule has 0 atom stereocenters. The van der Waals surface area contributed by atoms with E-state index in [1.54, 1.807) is 0 Å². The van der Waals surface area contributed by atoms with Crippen molar-refractivity contribution in [2.24, 2.45) is 0 Å². The molecule has 3 nitrogen and oxygen atoms in total. The maximum Gasteiger partial charge on any atom is 0.322 e. The number of rotatable bonds is 3. The van der Waals surface area contributed by atoms with E-state index in [-0.39, 0.29) is 0 Å². The summed E-state index contributed by atoms with van der Waals surface area (Å²) in [5.41, 5.74) is 2.27. The van der Waals surface area contributed by atoms with Gasteiger partial charge in [-0.05, 0) is 17.5 Å². The third kappa shape index (κ3) is 2.91. The molecule has 1 amide bonds. The summed E-state index contributed by atoms with van der Waals surface area (Å²) >= 11 is 0. The summed E-state index contributed by atoms with van der Waals surface area (Å²) in [5, 5.41) is 10.7. The minimum Gasteiger partial charge on any atom is -0.339 e. The summed E-state index contributed by atoms with van der Waals surface area (Å²) in [6.45, 7) is 2.50. The lowest BCUT2D eigenvalue weighted by molar-refractivity contribution is -0.116. The fourth-order valence-electron chi connectivity index (χ4n) is 1.11. The highest BCUT2D eigenvalue weighted by Gasteiger charge is 1.97. The van der Waals surface area contributed by atoms with Crippen molar-refractivity contribution in [2.75, 3.05) is 0 Å². The van der Waals surface area contributed by atoms with Gasteiger partial charge >= 0.3 is 5.91 Å². The Kier molecular flexibility index (Phi) is 3.69. The Bertz CT molecular complexity index is 349. The van der Waals surface area contributed by atoms with Gasteiger partial charge in [0, 0.05) is 6.54 Å². The summed E-state index contributed by atoms with van der Waals surface area (Å²) in [6, 6.07) is 9.46. The van der Waals surface area contributed by atoms with E-state index in [9.17, 15) is 4.79 Å². The van der Waals surface area contributed by atoms with Gasteiger partial charge in [-0.1, -0.05) is 31.2 Å². The van der Waals surface area contributed by atoms with E-state index in [4.69, 9.17) is 5.26 Å². The van der Waals surface area contributed by atoms with Crippen LogP contribution in [0.5, 0.6) is 0 Å². The fourth-order valence-corrected chi connectivity index (χ4v) is 1.11. The molecule has 0 fully saturated rings. The van der Waals surface area contributed by atoms with Crippen LogP contribution in [-0.2, 0) is 17.8 Å². The first-order chi connectivity index (χ1) is 6.76. The van der Waals surface area contributed by atoms with E-state index < -0.39 is 5.91 Å². The van der Waals surface area contributed by atoms with Crippen LogP contribution in [0.1, 0.15) is 18.1 Å². The van der Waals surface area contributed by atoms with Crippen LogP contribution in [-0.4, -0.2) is 5.91 Å². The summed E-state index contributed by atoms with van der Waals surface area (Å²) < 4.78 is 0. The van der Waals surface area contributed by atoms with E-state index in [0.717, 1.165) is 12.0 Å². The predicted molar refractivity (Wildman–Crippen MR) is 53.3 cm³/mol. The Morgan fingerprint density at radius 1 is 1.36 bits per heavy atom. The number of benzene rings is 1. The number of hydrogen-bond donors (Lipinski definition) is 1. The first-order valence-corrected chi connectivity index (χ1v) is 4.52.